The van der Waals surface area contributed by atoms with Crippen molar-refractivity contribution in [2.24, 2.45) is 7.05 Å². The molecule has 1 heterocycles. The van der Waals surface area contributed by atoms with Crippen LogP contribution in [-0.2, 0) is 31.0 Å². The molecule has 3 aromatic rings. The van der Waals surface area contributed by atoms with Crippen molar-refractivity contribution in [1.82, 2.24) is 9.13 Å². The van der Waals surface area contributed by atoms with E-state index in [4.69, 9.17) is 11.6 Å². The van der Waals surface area contributed by atoms with Crippen molar-refractivity contribution in [3.05, 3.63) is 91.2 Å². The number of benzene rings is 2. The van der Waals surface area contributed by atoms with E-state index in [0.717, 1.165) is 21.3 Å². The van der Waals surface area contributed by atoms with Gasteiger partial charge in [-0.15, -0.1) is 0 Å². The molecule has 1 aromatic heterocycles. The molecule has 35 heavy (non-hydrogen) atoms. The molecular weight excluding hydrogens is 487 g/mol. The number of anilines is 1. The van der Waals surface area contributed by atoms with Crippen LogP contribution in [0.15, 0.2) is 58.1 Å². The van der Waals surface area contributed by atoms with Gasteiger partial charge in [0.1, 0.15) is 16.6 Å². The number of amides is 1. The Balaban J connectivity index is 1.75. The molecule has 0 atom stereocenters. The number of hydrogen-bond acceptors (Lipinski definition) is 4. The van der Waals surface area contributed by atoms with Gasteiger partial charge in [0.25, 0.3) is 5.56 Å². The molecular formula is C24H19ClF3N3O4. The lowest BCUT2D eigenvalue weighted by Gasteiger charge is -2.13. The lowest BCUT2D eigenvalue weighted by Crippen LogP contribution is -2.40. The molecule has 0 aliphatic heterocycles. The second-order valence-corrected chi connectivity index (χ2v) is 7.85. The van der Waals surface area contributed by atoms with Crippen LogP contribution in [0.5, 0.6) is 5.75 Å². The standard InChI is InChI=1S/C24H19ClF3N3O4/c1-30-22(34)20(29-19(33)12-9-15-7-10-17(11-8-15)24(26,27)28)21(25)31(23(30)35)13-3-5-16-4-2-6-18(32)14-16/h2,4,6-8,10-11,14,32H,9,12-13H2,1H3,(H,29,33). The van der Waals surface area contributed by atoms with Crippen LogP contribution in [0.2, 0.25) is 5.15 Å². The van der Waals surface area contributed by atoms with E-state index in [-0.39, 0.29) is 36.0 Å². The molecule has 0 spiro atoms. The van der Waals surface area contributed by atoms with E-state index in [2.05, 4.69) is 17.2 Å². The molecule has 11 heteroatoms. The highest BCUT2D eigenvalue weighted by atomic mass is 35.5. The molecule has 0 unspecified atom stereocenters. The van der Waals surface area contributed by atoms with E-state index in [0.29, 0.717) is 11.1 Å². The Morgan fingerprint density at radius 1 is 1.14 bits per heavy atom. The fourth-order valence-electron chi connectivity index (χ4n) is 3.11. The molecule has 1 amide bonds. The van der Waals surface area contributed by atoms with E-state index in [9.17, 15) is 32.7 Å². The Morgan fingerprint density at radius 2 is 1.83 bits per heavy atom. The first kappa shape index (κ1) is 25.6. The first-order valence-electron chi connectivity index (χ1n) is 10.2. The molecule has 0 aliphatic rings. The van der Waals surface area contributed by atoms with Crippen molar-refractivity contribution in [2.75, 3.05) is 5.32 Å². The smallest absolute Gasteiger partial charge is 0.416 e. The number of carbonyl (C=O) groups is 1. The number of hydrogen-bond donors (Lipinski definition) is 2. The zero-order valence-corrected chi connectivity index (χ0v) is 19.1. The second kappa shape index (κ2) is 10.5. The summed E-state index contributed by atoms with van der Waals surface area (Å²) in [5, 5.41) is 11.6. The lowest BCUT2D eigenvalue weighted by molar-refractivity contribution is -0.137. The normalized spacial score (nSPS) is 11.0. The average Bonchev–Trinajstić information content (AvgIpc) is 2.81. The number of phenolic OH excluding ortho intramolecular Hbond substituents is 1. The highest BCUT2D eigenvalue weighted by Crippen LogP contribution is 2.29. The van der Waals surface area contributed by atoms with Gasteiger partial charge in [-0.1, -0.05) is 41.6 Å². The summed E-state index contributed by atoms with van der Waals surface area (Å²) in [7, 11) is 1.22. The van der Waals surface area contributed by atoms with Gasteiger partial charge in [-0.05, 0) is 42.3 Å². The van der Waals surface area contributed by atoms with Crippen LogP contribution in [0.4, 0.5) is 18.9 Å². The Bertz CT molecular complexity index is 1430. The summed E-state index contributed by atoms with van der Waals surface area (Å²) in [4.78, 5) is 37.4. The van der Waals surface area contributed by atoms with E-state index in [1.165, 1.54) is 31.3 Å². The summed E-state index contributed by atoms with van der Waals surface area (Å²) in [6.45, 7) is -0.199. The van der Waals surface area contributed by atoms with Crippen LogP contribution in [0.1, 0.15) is 23.1 Å². The maximum absolute atomic E-state index is 12.7. The summed E-state index contributed by atoms with van der Waals surface area (Å²) in [6, 6.07) is 10.6. The SMILES string of the molecule is Cn1c(=O)c(NC(=O)CCc2ccc(C(F)(F)F)cc2)c(Cl)n(CC#Cc2cccc(O)c2)c1=O. The van der Waals surface area contributed by atoms with Gasteiger partial charge >= 0.3 is 11.9 Å². The summed E-state index contributed by atoms with van der Waals surface area (Å²) in [5.41, 5.74) is -1.68. The van der Waals surface area contributed by atoms with Gasteiger partial charge in [-0.2, -0.15) is 13.2 Å². The number of carbonyl (C=O) groups excluding carboxylic acids is 1. The van der Waals surface area contributed by atoms with Crippen LogP contribution in [0.3, 0.4) is 0 Å². The van der Waals surface area contributed by atoms with Gasteiger partial charge in [-0.3, -0.25) is 18.7 Å². The molecule has 0 radical (unpaired) electrons. The monoisotopic (exact) mass is 505 g/mol. The minimum absolute atomic E-state index is 0.0235. The van der Waals surface area contributed by atoms with Crippen molar-refractivity contribution >= 4 is 23.2 Å². The third-order valence-corrected chi connectivity index (χ3v) is 5.38. The van der Waals surface area contributed by atoms with E-state index >= 15 is 0 Å². The van der Waals surface area contributed by atoms with Crippen molar-refractivity contribution in [3.63, 3.8) is 0 Å². The second-order valence-electron chi connectivity index (χ2n) is 7.49. The van der Waals surface area contributed by atoms with Crippen molar-refractivity contribution in [3.8, 4) is 17.6 Å². The molecule has 182 valence electrons. The molecule has 0 saturated heterocycles. The molecule has 0 saturated carbocycles. The zero-order chi connectivity index (χ0) is 25.8. The average molecular weight is 506 g/mol. The summed E-state index contributed by atoms with van der Waals surface area (Å²) < 4.78 is 39.8. The number of alkyl halides is 3. The zero-order valence-electron chi connectivity index (χ0n) is 18.3. The molecule has 0 aliphatic carbocycles. The first-order chi connectivity index (χ1) is 16.5. The minimum Gasteiger partial charge on any atom is -0.508 e. The number of nitrogens with one attached hydrogen (secondary N) is 1. The van der Waals surface area contributed by atoms with Gasteiger partial charge in [0.05, 0.1) is 12.1 Å². The Labute approximate surface area is 202 Å². The highest BCUT2D eigenvalue weighted by molar-refractivity contribution is 6.32. The lowest BCUT2D eigenvalue weighted by atomic mass is 10.1. The van der Waals surface area contributed by atoms with Crippen LogP contribution < -0.4 is 16.6 Å². The molecule has 2 N–H and O–H groups in total. The quantitative estimate of drug-likeness (QED) is 0.410. The van der Waals surface area contributed by atoms with Crippen LogP contribution >= 0.6 is 11.6 Å². The van der Waals surface area contributed by atoms with Gasteiger partial charge < -0.3 is 10.4 Å². The Kier molecular flexibility index (Phi) is 7.71. The van der Waals surface area contributed by atoms with Crippen molar-refractivity contribution in [1.29, 1.82) is 0 Å². The maximum atomic E-state index is 12.7. The minimum atomic E-state index is -4.46. The third-order valence-electron chi connectivity index (χ3n) is 4.98. The van der Waals surface area contributed by atoms with Crippen LogP contribution in [-0.4, -0.2) is 20.1 Å². The van der Waals surface area contributed by atoms with Crippen molar-refractivity contribution in [2.45, 2.75) is 25.6 Å². The van der Waals surface area contributed by atoms with Crippen LogP contribution in [0.25, 0.3) is 0 Å². The predicted octanol–water partition coefficient (Wildman–Crippen LogP) is 3.55. The van der Waals surface area contributed by atoms with E-state index < -0.39 is 28.9 Å². The summed E-state index contributed by atoms with van der Waals surface area (Å²) in [5.74, 6) is 4.90. The Morgan fingerprint density at radius 3 is 2.46 bits per heavy atom. The summed E-state index contributed by atoms with van der Waals surface area (Å²) >= 11 is 6.24. The number of aromatic nitrogens is 2. The number of aryl methyl sites for hydroxylation is 1. The number of aromatic hydroxyl groups is 1. The van der Waals surface area contributed by atoms with Gasteiger partial charge in [0, 0.05) is 19.0 Å². The highest BCUT2D eigenvalue weighted by Gasteiger charge is 2.29. The maximum Gasteiger partial charge on any atom is 0.416 e. The molecule has 7 nitrogen and oxygen atoms in total. The number of nitrogens with zero attached hydrogens (tertiary/aromatic N) is 2. The van der Waals surface area contributed by atoms with Gasteiger partial charge in [0.15, 0.2) is 0 Å². The predicted molar refractivity (Wildman–Crippen MR) is 124 cm³/mol. The van der Waals surface area contributed by atoms with Gasteiger partial charge in [0.2, 0.25) is 5.91 Å². The van der Waals surface area contributed by atoms with Crippen LogP contribution in [0, 0.1) is 11.8 Å². The largest absolute Gasteiger partial charge is 0.508 e. The fraction of sp³-hybridized carbons (Fsp3) is 0.208. The first-order valence-corrected chi connectivity index (χ1v) is 10.6. The molecule has 0 fully saturated rings. The van der Waals surface area contributed by atoms with E-state index in [1.54, 1.807) is 12.1 Å². The van der Waals surface area contributed by atoms with Gasteiger partial charge in [-0.25, -0.2) is 4.79 Å². The number of rotatable bonds is 5. The molecule has 3 rings (SSSR count). The van der Waals surface area contributed by atoms with E-state index in [1.807, 2.05) is 0 Å². The molecule has 0 bridgehead atoms. The number of phenols is 1. The van der Waals surface area contributed by atoms with Crippen molar-refractivity contribution < 1.29 is 23.1 Å². The third kappa shape index (κ3) is 6.33. The Hall–Kier alpha value is -3.97. The number of halogens is 4. The molecule has 2 aromatic carbocycles. The summed E-state index contributed by atoms with van der Waals surface area (Å²) in [6.07, 6.45) is -4.47. The topological polar surface area (TPSA) is 93.3 Å². The fourth-order valence-corrected chi connectivity index (χ4v) is 3.37.